The number of nitrogens with zero attached hydrogens (tertiary/aromatic N) is 2. The molecule has 204 valence electrons. The van der Waals surface area contributed by atoms with E-state index in [1.54, 1.807) is 36.3 Å². The Balaban J connectivity index is 2.05. The summed E-state index contributed by atoms with van der Waals surface area (Å²) in [6.45, 7) is 5.92. The predicted octanol–water partition coefficient (Wildman–Crippen LogP) is 3.48. The van der Waals surface area contributed by atoms with Crippen molar-refractivity contribution in [1.82, 2.24) is 9.80 Å². The number of aromatic hydroxyl groups is 1. The summed E-state index contributed by atoms with van der Waals surface area (Å²) >= 11 is 0. The van der Waals surface area contributed by atoms with Crippen molar-refractivity contribution in [3.63, 3.8) is 0 Å². The number of benzene rings is 2. The van der Waals surface area contributed by atoms with Gasteiger partial charge >= 0.3 is 0 Å². The zero-order valence-corrected chi connectivity index (χ0v) is 22.4. The van der Waals surface area contributed by atoms with Crippen LogP contribution in [0.4, 0.5) is 0 Å². The van der Waals surface area contributed by atoms with Crippen LogP contribution in [0.5, 0.6) is 11.5 Å². The highest BCUT2D eigenvalue weighted by Crippen LogP contribution is 2.17. The number of phenols is 1. The Kier molecular flexibility index (Phi) is 12.9. The average molecular weight is 514 g/mol. The second-order valence-corrected chi connectivity index (χ2v) is 9.46. The van der Waals surface area contributed by atoms with Crippen molar-refractivity contribution in [1.29, 1.82) is 0 Å². The number of amides is 2. The van der Waals surface area contributed by atoms with Gasteiger partial charge in [0.15, 0.2) is 0 Å². The van der Waals surface area contributed by atoms with Crippen LogP contribution in [0, 0.1) is 0 Å². The van der Waals surface area contributed by atoms with Crippen molar-refractivity contribution in [2.24, 2.45) is 5.73 Å². The fourth-order valence-electron chi connectivity index (χ4n) is 4.26. The van der Waals surface area contributed by atoms with Crippen LogP contribution in [0.1, 0.15) is 57.1 Å². The van der Waals surface area contributed by atoms with Gasteiger partial charge in [0.25, 0.3) is 0 Å². The molecule has 0 saturated heterocycles. The molecule has 37 heavy (non-hydrogen) atoms. The van der Waals surface area contributed by atoms with Crippen molar-refractivity contribution in [3.8, 4) is 11.5 Å². The fourth-order valence-corrected chi connectivity index (χ4v) is 4.26. The average Bonchev–Trinajstić information content (AvgIpc) is 2.89. The van der Waals surface area contributed by atoms with Crippen LogP contribution >= 0.6 is 0 Å². The van der Waals surface area contributed by atoms with Crippen LogP contribution in [-0.4, -0.2) is 70.7 Å². The molecule has 2 amide bonds. The summed E-state index contributed by atoms with van der Waals surface area (Å²) in [4.78, 5) is 29.3. The number of nitrogens with two attached hydrogens (primary N) is 1. The zero-order valence-electron chi connectivity index (χ0n) is 22.4. The number of rotatable bonds is 16. The molecule has 2 aromatic rings. The molecule has 0 aliphatic heterocycles. The summed E-state index contributed by atoms with van der Waals surface area (Å²) in [5.41, 5.74) is 8.05. The van der Waals surface area contributed by atoms with E-state index >= 15 is 0 Å². The van der Waals surface area contributed by atoms with Gasteiger partial charge in [0.1, 0.15) is 11.5 Å². The summed E-state index contributed by atoms with van der Waals surface area (Å²) in [6.07, 6.45) is 2.24. The first-order valence-corrected chi connectivity index (χ1v) is 13.2. The van der Waals surface area contributed by atoms with Gasteiger partial charge < -0.3 is 30.5 Å². The van der Waals surface area contributed by atoms with E-state index < -0.39 is 12.1 Å². The third-order valence-electron chi connectivity index (χ3n) is 6.29. The zero-order chi connectivity index (χ0) is 27.2. The lowest BCUT2D eigenvalue weighted by Gasteiger charge is -2.29. The van der Waals surface area contributed by atoms with Crippen LogP contribution in [-0.2, 0) is 22.6 Å². The van der Waals surface area contributed by atoms with Crippen LogP contribution in [0.15, 0.2) is 48.5 Å². The van der Waals surface area contributed by atoms with Gasteiger partial charge in [-0.3, -0.25) is 9.59 Å². The minimum absolute atomic E-state index is 0.0705. The van der Waals surface area contributed by atoms with Gasteiger partial charge in [-0.2, -0.15) is 0 Å². The predicted molar refractivity (Wildman–Crippen MR) is 145 cm³/mol. The minimum atomic E-state index is -0.949. The minimum Gasteiger partial charge on any atom is -0.508 e. The Morgan fingerprint density at radius 2 is 1.57 bits per heavy atom. The lowest BCUT2D eigenvalue weighted by molar-refractivity contribution is -0.134. The van der Waals surface area contributed by atoms with E-state index in [4.69, 9.17) is 10.5 Å². The molecule has 0 saturated carbocycles. The molecular weight excluding hydrogens is 470 g/mol. The smallest absolute Gasteiger partial charge is 0.222 e. The number of phenolic OH excluding ortho intramolecular Hbond substituents is 1. The molecule has 8 heteroatoms. The van der Waals surface area contributed by atoms with Crippen molar-refractivity contribution < 1.29 is 24.5 Å². The third-order valence-corrected chi connectivity index (χ3v) is 6.29. The normalized spacial score (nSPS) is 12.6. The quantitative estimate of drug-likeness (QED) is 0.316. The van der Waals surface area contributed by atoms with Crippen molar-refractivity contribution in [2.75, 3.05) is 26.7 Å². The molecule has 2 aromatic carbocycles. The summed E-state index contributed by atoms with van der Waals surface area (Å²) in [7, 11) is 1.59. The van der Waals surface area contributed by atoms with E-state index in [2.05, 4.69) is 0 Å². The molecule has 0 fully saturated rings. The molecular formula is C29H43N3O5. The molecule has 0 heterocycles. The molecule has 0 aromatic heterocycles. The molecule has 8 nitrogen and oxygen atoms in total. The molecule has 2 atom stereocenters. The molecule has 4 N–H and O–H groups in total. The van der Waals surface area contributed by atoms with Gasteiger partial charge in [-0.15, -0.1) is 0 Å². The number of aliphatic hydroxyl groups is 1. The maximum Gasteiger partial charge on any atom is 0.222 e. The van der Waals surface area contributed by atoms with Gasteiger partial charge in [-0.25, -0.2) is 0 Å². The maximum absolute atomic E-state index is 13.2. The number of methoxy groups -OCH3 is 1. The summed E-state index contributed by atoms with van der Waals surface area (Å²) in [5, 5.41) is 20.4. The van der Waals surface area contributed by atoms with Gasteiger partial charge in [0.2, 0.25) is 11.8 Å². The first-order chi connectivity index (χ1) is 17.8. The number of carbonyl (C=O) groups is 2. The molecule has 0 spiro atoms. The molecule has 0 bridgehead atoms. The van der Waals surface area contributed by atoms with Gasteiger partial charge in [-0.05, 0) is 61.1 Å². The first kappa shape index (κ1) is 30.1. The van der Waals surface area contributed by atoms with E-state index in [1.807, 2.05) is 43.0 Å². The second kappa shape index (κ2) is 15.9. The fraction of sp³-hybridized carbons (Fsp3) is 0.517. The van der Waals surface area contributed by atoms with Crippen LogP contribution in [0.3, 0.4) is 0 Å². The van der Waals surface area contributed by atoms with E-state index in [9.17, 15) is 19.8 Å². The van der Waals surface area contributed by atoms with Gasteiger partial charge in [-0.1, -0.05) is 38.1 Å². The SMILES string of the molecule is CCCN(CCC)C(=O)CCCC(=O)N(Cc1cccc(OC)c1)C[C@@H](O)[C@@H](N)Cc1ccc(O)cc1. The molecule has 0 aliphatic carbocycles. The Hall–Kier alpha value is -3.10. The monoisotopic (exact) mass is 513 g/mol. The third kappa shape index (κ3) is 10.4. The largest absolute Gasteiger partial charge is 0.508 e. The van der Waals surface area contributed by atoms with Gasteiger partial charge in [0, 0.05) is 45.1 Å². The summed E-state index contributed by atoms with van der Waals surface area (Å²) < 4.78 is 5.31. The maximum atomic E-state index is 13.2. The Morgan fingerprint density at radius 3 is 2.16 bits per heavy atom. The second-order valence-electron chi connectivity index (χ2n) is 9.46. The standard InChI is InChI=1S/C29H43N3O5/c1-4-16-31(17-5-2)28(35)10-7-11-29(36)32(20-23-8-6-9-25(18-23)37-3)21-27(34)26(30)19-22-12-14-24(33)15-13-22/h6,8-9,12-15,18,26-27,33-34H,4-5,7,10-11,16-17,19-21,30H2,1-3H3/t26-,27+/m0/s1. The van der Waals surface area contributed by atoms with Crippen molar-refractivity contribution >= 4 is 11.8 Å². The number of hydrogen-bond acceptors (Lipinski definition) is 6. The molecule has 0 unspecified atom stereocenters. The first-order valence-electron chi connectivity index (χ1n) is 13.2. The van der Waals surface area contributed by atoms with E-state index in [1.165, 1.54) is 0 Å². The Labute approximate surface area is 221 Å². The number of hydrogen-bond donors (Lipinski definition) is 3. The van der Waals surface area contributed by atoms with Gasteiger partial charge in [0.05, 0.1) is 13.2 Å². The number of ether oxygens (including phenoxy) is 1. The highest BCUT2D eigenvalue weighted by molar-refractivity contribution is 5.79. The van der Waals surface area contributed by atoms with E-state index in [-0.39, 0.29) is 30.5 Å². The Bertz CT molecular complexity index is 960. The van der Waals surface area contributed by atoms with E-state index in [0.717, 1.165) is 37.1 Å². The Morgan fingerprint density at radius 1 is 0.946 bits per heavy atom. The molecule has 0 aliphatic rings. The highest BCUT2D eigenvalue weighted by atomic mass is 16.5. The molecule has 0 radical (unpaired) electrons. The van der Waals surface area contributed by atoms with Crippen LogP contribution in [0.25, 0.3) is 0 Å². The van der Waals surface area contributed by atoms with Crippen molar-refractivity contribution in [3.05, 3.63) is 59.7 Å². The van der Waals surface area contributed by atoms with Crippen LogP contribution < -0.4 is 10.5 Å². The van der Waals surface area contributed by atoms with E-state index in [0.29, 0.717) is 31.6 Å². The summed E-state index contributed by atoms with van der Waals surface area (Å²) in [6, 6.07) is 13.6. The number of aliphatic hydroxyl groups excluding tert-OH is 1. The lowest BCUT2D eigenvalue weighted by Crippen LogP contribution is -2.46. The molecule has 2 rings (SSSR count). The van der Waals surface area contributed by atoms with Crippen LogP contribution in [0.2, 0.25) is 0 Å². The summed E-state index contributed by atoms with van der Waals surface area (Å²) in [5.74, 6) is 0.793. The topological polar surface area (TPSA) is 116 Å². The van der Waals surface area contributed by atoms with Crippen molar-refractivity contribution in [2.45, 2.75) is 71.1 Å². The highest BCUT2D eigenvalue weighted by Gasteiger charge is 2.23. The number of carbonyl (C=O) groups excluding carboxylic acids is 2. The lowest BCUT2D eigenvalue weighted by atomic mass is 10.0.